The van der Waals surface area contributed by atoms with E-state index < -0.39 is 0 Å². The van der Waals surface area contributed by atoms with E-state index in [2.05, 4.69) is 37.6 Å². The molecule has 1 aromatic heterocycles. The number of ether oxygens (including phenoxy) is 1. The van der Waals surface area contributed by atoms with Gasteiger partial charge in [-0.15, -0.1) is 11.3 Å². The number of nitrogens with one attached hydrogen (secondary N) is 1. The van der Waals surface area contributed by atoms with Crippen molar-refractivity contribution in [3.63, 3.8) is 0 Å². The van der Waals surface area contributed by atoms with Gasteiger partial charge in [-0.2, -0.15) is 0 Å². The number of hydrogen-bond donors (Lipinski definition) is 1. The summed E-state index contributed by atoms with van der Waals surface area (Å²) >= 11 is 3.66. The number of hydrogen-bond acceptors (Lipinski definition) is 5. The van der Waals surface area contributed by atoms with Crippen molar-refractivity contribution < 1.29 is 9.53 Å². The lowest BCUT2D eigenvalue weighted by molar-refractivity contribution is -0.139. The summed E-state index contributed by atoms with van der Waals surface area (Å²) in [5.74, 6) is -0.192. The number of aromatic nitrogens is 1. The molecular formula is C8H11IN2O2S. The third-order valence-corrected chi connectivity index (χ3v) is 3.29. The smallest absolute Gasteiger partial charge is 0.319 e. The van der Waals surface area contributed by atoms with Crippen LogP contribution in [0.25, 0.3) is 0 Å². The van der Waals surface area contributed by atoms with E-state index in [1.54, 1.807) is 16.8 Å². The second-order valence-corrected chi connectivity index (χ2v) is 5.06. The molecule has 0 aliphatic carbocycles. The lowest BCUT2D eigenvalue weighted by Gasteiger charge is -2.07. The van der Waals surface area contributed by atoms with Crippen molar-refractivity contribution in [3.05, 3.63) is 16.6 Å². The van der Waals surface area contributed by atoms with E-state index in [0.717, 1.165) is 6.54 Å². The molecule has 1 rings (SSSR count). The second-order valence-electron chi connectivity index (χ2n) is 2.59. The van der Waals surface area contributed by atoms with Gasteiger partial charge in [0, 0.05) is 24.2 Å². The zero-order valence-corrected chi connectivity index (χ0v) is 10.7. The summed E-state index contributed by atoms with van der Waals surface area (Å²) in [4.78, 5) is 16.1. The highest BCUT2D eigenvalue weighted by Gasteiger charge is 2.13. The first kappa shape index (κ1) is 11.9. The van der Waals surface area contributed by atoms with Crippen LogP contribution in [0.1, 0.15) is 4.88 Å². The van der Waals surface area contributed by atoms with Crippen molar-refractivity contribution >= 4 is 39.9 Å². The van der Waals surface area contributed by atoms with Crippen LogP contribution in [-0.2, 0) is 16.1 Å². The zero-order chi connectivity index (χ0) is 10.4. The van der Waals surface area contributed by atoms with Gasteiger partial charge in [-0.25, -0.2) is 0 Å². The molecule has 0 saturated heterocycles. The summed E-state index contributed by atoms with van der Waals surface area (Å²) in [5.41, 5.74) is 1.79. The van der Waals surface area contributed by atoms with Crippen LogP contribution in [0, 0.1) is 0 Å². The topological polar surface area (TPSA) is 51.2 Å². The average molecular weight is 326 g/mol. The van der Waals surface area contributed by atoms with Gasteiger partial charge in [-0.1, -0.05) is 22.6 Å². The first-order chi connectivity index (χ1) is 6.74. The Hall–Kier alpha value is -0.210. The Kier molecular flexibility index (Phi) is 5.34. The van der Waals surface area contributed by atoms with Crippen LogP contribution in [0.15, 0.2) is 11.7 Å². The van der Waals surface area contributed by atoms with Crippen molar-refractivity contribution in [3.8, 4) is 0 Å². The highest BCUT2D eigenvalue weighted by atomic mass is 127. The molecule has 1 atom stereocenters. The Morgan fingerprint density at radius 3 is 3.21 bits per heavy atom. The second kappa shape index (κ2) is 6.31. The van der Waals surface area contributed by atoms with Crippen molar-refractivity contribution in [2.45, 2.75) is 10.5 Å². The van der Waals surface area contributed by atoms with Gasteiger partial charge in [-0.05, 0) is 0 Å². The minimum absolute atomic E-state index is 0.134. The number of esters is 1. The van der Waals surface area contributed by atoms with Crippen LogP contribution in [0.4, 0.5) is 0 Å². The number of alkyl halides is 1. The molecule has 0 amide bonds. The molecule has 0 spiro atoms. The maximum absolute atomic E-state index is 11.0. The molecule has 1 aromatic rings. The number of halogens is 1. The van der Waals surface area contributed by atoms with Gasteiger partial charge in [0.1, 0.15) is 3.92 Å². The molecule has 0 aliphatic rings. The molecule has 0 radical (unpaired) electrons. The molecule has 14 heavy (non-hydrogen) atoms. The summed E-state index contributed by atoms with van der Waals surface area (Å²) in [6.07, 6.45) is 1.82. The molecule has 1 heterocycles. The van der Waals surface area contributed by atoms with E-state index in [1.165, 1.54) is 12.0 Å². The standard InChI is InChI=1S/C8H11IN2O2S/c1-13-8(12)7(9)4-10-2-6-3-11-5-14-6/h3,5,7,10H,2,4H2,1H3. The third kappa shape index (κ3) is 3.89. The highest BCUT2D eigenvalue weighted by molar-refractivity contribution is 14.1. The van der Waals surface area contributed by atoms with E-state index in [-0.39, 0.29) is 9.89 Å². The fourth-order valence-corrected chi connectivity index (χ4v) is 1.99. The highest BCUT2D eigenvalue weighted by Crippen LogP contribution is 2.05. The Labute approximate surface area is 100 Å². The van der Waals surface area contributed by atoms with Gasteiger partial charge in [0.15, 0.2) is 0 Å². The van der Waals surface area contributed by atoms with Gasteiger partial charge in [0.2, 0.25) is 0 Å². The largest absolute Gasteiger partial charge is 0.468 e. The van der Waals surface area contributed by atoms with Crippen LogP contribution < -0.4 is 5.32 Å². The number of rotatable bonds is 5. The predicted molar refractivity (Wildman–Crippen MR) is 63.6 cm³/mol. The molecular weight excluding hydrogens is 315 g/mol. The fraction of sp³-hybridized carbons (Fsp3) is 0.500. The normalized spacial score (nSPS) is 12.4. The summed E-state index contributed by atoms with van der Waals surface area (Å²) in [6, 6.07) is 0. The van der Waals surface area contributed by atoms with Gasteiger partial charge in [-0.3, -0.25) is 9.78 Å². The molecule has 0 bridgehead atoms. The quantitative estimate of drug-likeness (QED) is 0.502. The van der Waals surface area contributed by atoms with E-state index in [4.69, 9.17) is 0 Å². The van der Waals surface area contributed by atoms with E-state index >= 15 is 0 Å². The maximum Gasteiger partial charge on any atom is 0.319 e. The maximum atomic E-state index is 11.0. The summed E-state index contributed by atoms with van der Waals surface area (Å²) < 4.78 is 4.47. The van der Waals surface area contributed by atoms with Gasteiger partial charge < -0.3 is 10.1 Å². The molecule has 0 saturated carbocycles. The van der Waals surface area contributed by atoms with E-state index in [9.17, 15) is 4.79 Å². The Morgan fingerprint density at radius 1 is 1.86 bits per heavy atom. The number of nitrogens with zero attached hydrogens (tertiary/aromatic N) is 1. The summed E-state index contributed by atoms with van der Waals surface area (Å²) in [7, 11) is 1.40. The number of carbonyl (C=O) groups excluding carboxylic acids is 1. The van der Waals surface area contributed by atoms with Crippen LogP contribution in [0.5, 0.6) is 0 Å². The van der Waals surface area contributed by atoms with Gasteiger partial charge in [0.05, 0.1) is 12.6 Å². The SMILES string of the molecule is COC(=O)C(I)CNCc1cncs1. The Balaban J connectivity index is 2.18. The lowest BCUT2D eigenvalue weighted by Crippen LogP contribution is -2.29. The van der Waals surface area contributed by atoms with Crippen molar-refractivity contribution in [1.82, 2.24) is 10.3 Å². The van der Waals surface area contributed by atoms with E-state index in [1.807, 2.05) is 6.20 Å². The molecule has 0 fully saturated rings. The summed E-state index contributed by atoms with van der Waals surface area (Å²) in [6.45, 7) is 1.37. The van der Waals surface area contributed by atoms with Crippen LogP contribution >= 0.6 is 33.9 Å². The molecule has 0 aromatic carbocycles. The first-order valence-corrected chi connectivity index (χ1v) is 6.16. The van der Waals surface area contributed by atoms with Crippen LogP contribution in [0.3, 0.4) is 0 Å². The zero-order valence-electron chi connectivity index (χ0n) is 7.70. The van der Waals surface area contributed by atoms with Gasteiger partial charge in [0.25, 0.3) is 0 Å². The average Bonchev–Trinajstić information content (AvgIpc) is 2.69. The molecule has 78 valence electrons. The predicted octanol–water partition coefficient (Wildman–Crippen LogP) is 1.21. The van der Waals surface area contributed by atoms with Crippen molar-refractivity contribution in [1.29, 1.82) is 0 Å². The monoisotopic (exact) mass is 326 g/mol. The minimum atomic E-state index is -0.192. The molecule has 4 nitrogen and oxygen atoms in total. The van der Waals surface area contributed by atoms with Crippen molar-refractivity contribution in [2.24, 2.45) is 0 Å². The molecule has 1 N–H and O–H groups in total. The third-order valence-electron chi connectivity index (χ3n) is 1.56. The molecule has 0 aliphatic heterocycles. The fourth-order valence-electron chi connectivity index (χ4n) is 0.863. The lowest BCUT2D eigenvalue weighted by atomic mass is 10.4. The van der Waals surface area contributed by atoms with Gasteiger partial charge >= 0.3 is 5.97 Å². The van der Waals surface area contributed by atoms with Crippen LogP contribution in [-0.4, -0.2) is 28.5 Å². The van der Waals surface area contributed by atoms with Crippen molar-refractivity contribution in [2.75, 3.05) is 13.7 Å². The minimum Gasteiger partial charge on any atom is -0.468 e. The first-order valence-electron chi connectivity index (χ1n) is 4.04. The summed E-state index contributed by atoms with van der Waals surface area (Å²) in [5, 5.41) is 3.16. The Bertz CT molecular complexity index is 279. The number of carbonyl (C=O) groups is 1. The Morgan fingerprint density at radius 2 is 2.64 bits per heavy atom. The molecule has 1 unspecified atom stereocenters. The van der Waals surface area contributed by atoms with Crippen LogP contribution in [0.2, 0.25) is 0 Å². The number of thiazole rings is 1. The van der Waals surface area contributed by atoms with E-state index in [0.29, 0.717) is 6.54 Å². The molecule has 6 heteroatoms. The number of methoxy groups -OCH3 is 1.